The van der Waals surface area contributed by atoms with Gasteiger partial charge in [0.2, 0.25) is 0 Å². The van der Waals surface area contributed by atoms with Crippen molar-refractivity contribution in [1.29, 1.82) is 0 Å². The molecular formula is C17H26ClNOS. The average molecular weight is 328 g/mol. The molecule has 1 aromatic rings. The van der Waals surface area contributed by atoms with Gasteiger partial charge in [-0.15, -0.1) is 0 Å². The van der Waals surface area contributed by atoms with Crippen LogP contribution in [0.5, 0.6) is 0 Å². The van der Waals surface area contributed by atoms with E-state index in [-0.39, 0.29) is 5.25 Å². The molecule has 21 heavy (non-hydrogen) atoms. The van der Waals surface area contributed by atoms with Gasteiger partial charge >= 0.3 is 0 Å². The molecule has 0 radical (unpaired) electrons. The zero-order valence-corrected chi connectivity index (χ0v) is 14.7. The highest BCUT2D eigenvalue weighted by Gasteiger charge is 2.34. The van der Waals surface area contributed by atoms with Gasteiger partial charge in [-0.2, -0.15) is 0 Å². The van der Waals surface area contributed by atoms with E-state index in [0.29, 0.717) is 23.6 Å². The van der Waals surface area contributed by atoms with E-state index in [1.165, 1.54) is 6.42 Å². The zero-order valence-electron chi connectivity index (χ0n) is 13.1. The Morgan fingerprint density at radius 1 is 1.33 bits per heavy atom. The smallest absolute Gasteiger partial charge is 0.0507 e. The summed E-state index contributed by atoms with van der Waals surface area (Å²) in [5, 5.41) is 4.32. The molecule has 118 valence electrons. The van der Waals surface area contributed by atoms with E-state index in [4.69, 9.17) is 11.6 Å². The lowest BCUT2D eigenvalue weighted by molar-refractivity contribution is 0.249. The lowest BCUT2D eigenvalue weighted by Crippen LogP contribution is -2.45. The van der Waals surface area contributed by atoms with Crippen molar-refractivity contribution in [2.24, 2.45) is 11.8 Å². The second-order valence-corrected chi connectivity index (χ2v) is 8.43. The Bertz CT molecular complexity index is 491. The summed E-state index contributed by atoms with van der Waals surface area (Å²) < 4.78 is 12.9. The zero-order chi connectivity index (χ0) is 15.4. The standard InChI is InChI=1S/C17H26ClNOS/c1-12(2)13-8-9-16(19-3)17(10-13)21(20)11-14-6-4-5-7-15(14)18/h4-7,12-13,16-17,19H,8-11H2,1-3H3. The Morgan fingerprint density at radius 2 is 2.05 bits per heavy atom. The van der Waals surface area contributed by atoms with Crippen molar-refractivity contribution >= 4 is 22.4 Å². The van der Waals surface area contributed by atoms with E-state index in [1.807, 2.05) is 31.3 Å². The Hall–Kier alpha value is -0.380. The molecule has 0 spiro atoms. The quantitative estimate of drug-likeness (QED) is 0.885. The van der Waals surface area contributed by atoms with Gasteiger partial charge in [0.05, 0.1) is 11.0 Å². The minimum Gasteiger partial charge on any atom is -0.316 e. The summed E-state index contributed by atoms with van der Waals surface area (Å²) in [5.74, 6) is 1.92. The third kappa shape index (κ3) is 4.30. The Morgan fingerprint density at radius 3 is 2.67 bits per heavy atom. The minimum absolute atomic E-state index is 0.229. The molecule has 1 N–H and O–H groups in total. The second kappa shape index (κ2) is 7.75. The maximum atomic E-state index is 12.9. The van der Waals surface area contributed by atoms with Gasteiger partial charge in [0.15, 0.2) is 0 Å². The molecule has 1 fully saturated rings. The van der Waals surface area contributed by atoms with E-state index in [2.05, 4.69) is 19.2 Å². The van der Waals surface area contributed by atoms with E-state index in [9.17, 15) is 4.21 Å². The summed E-state index contributed by atoms with van der Waals surface area (Å²) in [6.45, 7) is 4.55. The predicted octanol–water partition coefficient (Wildman–Crippen LogP) is 4.00. The van der Waals surface area contributed by atoms with Crippen LogP contribution in [-0.2, 0) is 16.6 Å². The lowest BCUT2D eigenvalue weighted by Gasteiger charge is -2.37. The first kappa shape index (κ1) is 17.0. The van der Waals surface area contributed by atoms with Crippen molar-refractivity contribution in [3.63, 3.8) is 0 Å². The van der Waals surface area contributed by atoms with Crippen LogP contribution in [0.25, 0.3) is 0 Å². The van der Waals surface area contributed by atoms with Crippen molar-refractivity contribution in [1.82, 2.24) is 5.32 Å². The molecule has 0 aliphatic heterocycles. The van der Waals surface area contributed by atoms with Crippen molar-refractivity contribution < 1.29 is 4.21 Å². The number of rotatable bonds is 5. The van der Waals surface area contributed by atoms with Gasteiger partial charge in [0.1, 0.15) is 0 Å². The maximum Gasteiger partial charge on any atom is 0.0507 e. The van der Waals surface area contributed by atoms with Crippen LogP contribution in [0, 0.1) is 11.8 Å². The number of hydrogen-bond donors (Lipinski definition) is 1. The monoisotopic (exact) mass is 327 g/mol. The van der Waals surface area contributed by atoms with Gasteiger partial charge in [0.25, 0.3) is 0 Å². The van der Waals surface area contributed by atoms with Crippen LogP contribution in [0.4, 0.5) is 0 Å². The number of halogens is 1. The molecule has 0 heterocycles. The first-order valence-corrected chi connectivity index (χ1v) is 9.56. The van der Waals surface area contributed by atoms with Crippen molar-refractivity contribution in [2.45, 2.75) is 50.2 Å². The predicted molar refractivity (Wildman–Crippen MR) is 92.1 cm³/mol. The third-order valence-electron chi connectivity index (χ3n) is 4.74. The third-order valence-corrected chi connectivity index (χ3v) is 6.90. The number of benzene rings is 1. The molecule has 0 amide bonds. The highest BCUT2D eigenvalue weighted by molar-refractivity contribution is 7.84. The topological polar surface area (TPSA) is 29.1 Å². The van der Waals surface area contributed by atoms with Gasteiger partial charge in [0, 0.05) is 21.9 Å². The molecule has 1 saturated carbocycles. The fourth-order valence-electron chi connectivity index (χ4n) is 3.26. The van der Waals surface area contributed by atoms with Crippen molar-refractivity contribution in [3.8, 4) is 0 Å². The van der Waals surface area contributed by atoms with Gasteiger partial charge in [-0.1, -0.05) is 43.6 Å². The van der Waals surface area contributed by atoms with E-state index in [1.54, 1.807) is 0 Å². The molecule has 4 atom stereocenters. The molecule has 1 aliphatic rings. The van der Waals surface area contributed by atoms with Crippen LogP contribution in [0.15, 0.2) is 24.3 Å². The van der Waals surface area contributed by atoms with Crippen LogP contribution in [0.1, 0.15) is 38.7 Å². The largest absolute Gasteiger partial charge is 0.316 e. The fourth-order valence-corrected chi connectivity index (χ4v) is 5.42. The number of hydrogen-bond acceptors (Lipinski definition) is 2. The van der Waals surface area contributed by atoms with Gasteiger partial charge in [-0.25, -0.2) is 0 Å². The highest BCUT2D eigenvalue weighted by Crippen LogP contribution is 2.33. The molecule has 2 rings (SSSR count). The van der Waals surface area contributed by atoms with E-state index in [0.717, 1.165) is 23.4 Å². The molecule has 2 nitrogen and oxygen atoms in total. The molecule has 0 saturated heterocycles. The van der Waals surface area contributed by atoms with Crippen LogP contribution in [0.2, 0.25) is 5.02 Å². The number of nitrogens with one attached hydrogen (secondary N) is 1. The first-order valence-electron chi connectivity index (χ1n) is 7.80. The average Bonchev–Trinajstić information content (AvgIpc) is 2.48. The molecule has 4 unspecified atom stereocenters. The van der Waals surface area contributed by atoms with Crippen molar-refractivity contribution in [2.75, 3.05) is 7.05 Å². The molecule has 1 aromatic carbocycles. The SMILES string of the molecule is CNC1CCC(C(C)C)CC1S(=O)Cc1ccccc1Cl. The lowest BCUT2D eigenvalue weighted by atomic mass is 9.79. The van der Waals surface area contributed by atoms with Crippen LogP contribution in [0.3, 0.4) is 0 Å². The van der Waals surface area contributed by atoms with Gasteiger partial charge in [-0.3, -0.25) is 4.21 Å². The van der Waals surface area contributed by atoms with Crippen LogP contribution in [-0.4, -0.2) is 22.5 Å². The fraction of sp³-hybridized carbons (Fsp3) is 0.647. The normalized spacial score (nSPS) is 27.8. The second-order valence-electron chi connectivity index (χ2n) is 6.37. The Kier molecular flexibility index (Phi) is 6.27. The summed E-state index contributed by atoms with van der Waals surface area (Å²) in [7, 11) is 1.10. The summed E-state index contributed by atoms with van der Waals surface area (Å²) in [4.78, 5) is 0. The van der Waals surface area contributed by atoms with Crippen molar-refractivity contribution in [3.05, 3.63) is 34.9 Å². The van der Waals surface area contributed by atoms with E-state index >= 15 is 0 Å². The van der Waals surface area contributed by atoms with Gasteiger partial charge in [-0.05, 0) is 49.8 Å². The highest BCUT2D eigenvalue weighted by atomic mass is 35.5. The van der Waals surface area contributed by atoms with E-state index < -0.39 is 10.8 Å². The summed E-state index contributed by atoms with van der Waals surface area (Å²) in [6.07, 6.45) is 3.42. The Balaban J connectivity index is 2.09. The van der Waals surface area contributed by atoms with Crippen LogP contribution >= 0.6 is 11.6 Å². The van der Waals surface area contributed by atoms with Gasteiger partial charge < -0.3 is 5.32 Å². The molecule has 1 aliphatic carbocycles. The minimum atomic E-state index is -0.882. The maximum absolute atomic E-state index is 12.9. The summed E-state index contributed by atoms with van der Waals surface area (Å²) in [5.41, 5.74) is 0.999. The molecule has 0 bridgehead atoms. The molecule has 4 heteroatoms. The summed E-state index contributed by atoms with van der Waals surface area (Å²) in [6, 6.07) is 8.11. The Labute approximate surface area is 136 Å². The molecule has 0 aromatic heterocycles. The first-order chi connectivity index (χ1) is 10.0. The summed E-state index contributed by atoms with van der Waals surface area (Å²) >= 11 is 6.21. The van der Waals surface area contributed by atoms with Crippen LogP contribution < -0.4 is 5.32 Å². The molecular weight excluding hydrogens is 302 g/mol.